The molecule has 0 fully saturated rings. The lowest BCUT2D eigenvalue weighted by atomic mass is 10.1. The Kier molecular flexibility index (Phi) is 3.11. The van der Waals surface area contributed by atoms with Gasteiger partial charge in [-0.15, -0.1) is 0 Å². The van der Waals surface area contributed by atoms with E-state index >= 15 is 0 Å². The molecule has 0 saturated carbocycles. The molecule has 0 spiro atoms. The van der Waals surface area contributed by atoms with Crippen LogP contribution < -0.4 is 5.73 Å². The molecule has 3 aromatic rings. The fourth-order valence-corrected chi connectivity index (χ4v) is 2.69. The summed E-state index contributed by atoms with van der Waals surface area (Å²) in [6.45, 7) is 0.998. The van der Waals surface area contributed by atoms with Gasteiger partial charge in [0.1, 0.15) is 23.0 Å². The molecule has 0 radical (unpaired) electrons. The number of nitrogens with two attached hydrogens (primary N) is 1. The number of carbonyl (C=O) groups is 1. The van der Waals surface area contributed by atoms with Crippen molar-refractivity contribution in [3.8, 4) is 11.5 Å². The summed E-state index contributed by atoms with van der Waals surface area (Å²) in [6, 6.07) is 11.3. The zero-order valence-corrected chi connectivity index (χ0v) is 12.3. The van der Waals surface area contributed by atoms with Crippen molar-refractivity contribution < 1.29 is 9.21 Å². The fourth-order valence-electron chi connectivity index (χ4n) is 2.69. The minimum atomic E-state index is -0.135. The van der Waals surface area contributed by atoms with Gasteiger partial charge in [-0.3, -0.25) is 9.89 Å². The minimum absolute atomic E-state index is 0.135. The Hall–Kier alpha value is -3.09. The molecule has 1 aromatic carbocycles. The van der Waals surface area contributed by atoms with Gasteiger partial charge in [-0.2, -0.15) is 5.10 Å². The second kappa shape index (κ2) is 5.28. The van der Waals surface area contributed by atoms with E-state index in [0.717, 1.165) is 17.0 Å². The highest BCUT2D eigenvalue weighted by molar-refractivity contribution is 5.93. The van der Waals surface area contributed by atoms with Crippen LogP contribution in [0.2, 0.25) is 0 Å². The van der Waals surface area contributed by atoms with Crippen molar-refractivity contribution >= 4 is 11.7 Å². The maximum absolute atomic E-state index is 12.4. The van der Waals surface area contributed by atoms with Crippen LogP contribution in [0.25, 0.3) is 11.5 Å². The lowest BCUT2D eigenvalue weighted by Gasteiger charge is -2.24. The largest absolute Gasteiger partial charge is 0.441 e. The SMILES string of the molecule is Nc1cc(C(=O)N2CCc3oc(-c4ccccc4)nc3C2)[nH]n1. The van der Waals surface area contributed by atoms with E-state index in [1.165, 1.54) is 6.07 Å². The topological polar surface area (TPSA) is 101 Å². The predicted octanol–water partition coefficient (Wildman–Crippen LogP) is 1.85. The molecule has 7 heteroatoms. The molecule has 1 aliphatic rings. The Bertz CT molecular complexity index is 852. The van der Waals surface area contributed by atoms with Crippen molar-refractivity contribution in [1.82, 2.24) is 20.1 Å². The molecule has 2 aromatic heterocycles. The normalized spacial score (nSPS) is 13.8. The Morgan fingerprint density at radius 2 is 2.13 bits per heavy atom. The third kappa shape index (κ3) is 2.46. The van der Waals surface area contributed by atoms with Crippen LogP contribution in [-0.4, -0.2) is 32.5 Å². The summed E-state index contributed by atoms with van der Waals surface area (Å²) in [7, 11) is 0. The molecule has 3 N–H and O–H groups in total. The molecule has 0 saturated heterocycles. The molecule has 7 nitrogen and oxygen atoms in total. The van der Waals surface area contributed by atoms with E-state index in [0.29, 0.717) is 36.9 Å². The monoisotopic (exact) mass is 309 g/mol. The zero-order chi connectivity index (χ0) is 15.8. The van der Waals surface area contributed by atoms with Crippen LogP contribution in [0.3, 0.4) is 0 Å². The maximum atomic E-state index is 12.4. The standard InChI is InChI=1S/C16H15N5O2/c17-14-8-11(19-20-14)16(22)21-7-6-13-12(9-21)18-15(23-13)10-4-2-1-3-5-10/h1-5,8H,6-7,9H2,(H3,17,19,20). The van der Waals surface area contributed by atoms with Crippen LogP contribution in [0.1, 0.15) is 21.9 Å². The summed E-state index contributed by atoms with van der Waals surface area (Å²) in [4.78, 5) is 18.7. The van der Waals surface area contributed by atoms with Crippen LogP contribution in [0.4, 0.5) is 5.82 Å². The number of benzene rings is 1. The van der Waals surface area contributed by atoms with E-state index in [1.54, 1.807) is 4.90 Å². The number of rotatable bonds is 2. The number of nitrogens with zero attached hydrogens (tertiary/aromatic N) is 3. The Morgan fingerprint density at radius 1 is 1.30 bits per heavy atom. The molecular formula is C16H15N5O2. The first-order valence-corrected chi connectivity index (χ1v) is 7.35. The fraction of sp³-hybridized carbons (Fsp3) is 0.188. The molecule has 3 heterocycles. The first-order chi connectivity index (χ1) is 11.2. The lowest BCUT2D eigenvalue weighted by Crippen LogP contribution is -2.36. The quantitative estimate of drug-likeness (QED) is 0.752. The van der Waals surface area contributed by atoms with Gasteiger partial charge >= 0.3 is 0 Å². The van der Waals surface area contributed by atoms with E-state index in [-0.39, 0.29) is 5.91 Å². The van der Waals surface area contributed by atoms with Crippen LogP contribution >= 0.6 is 0 Å². The summed E-state index contributed by atoms with van der Waals surface area (Å²) >= 11 is 0. The van der Waals surface area contributed by atoms with Crippen molar-refractivity contribution in [2.45, 2.75) is 13.0 Å². The Balaban J connectivity index is 1.58. The van der Waals surface area contributed by atoms with Gasteiger partial charge in [0.05, 0.1) is 6.54 Å². The van der Waals surface area contributed by atoms with E-state index in [9.17, 15) is 4.79 Å². The number of amides is 1. The third-order valence-electron chi connectivity index (χ3n) is 3.86. The molecule has 0 bridgehead atoms. The molecule has 23 heavy (non-hydrogen) atoms. The minimum Gasteiger partial charge on any atom is -0.441 e. The number of hydrogen-bond acceptors (Lipinski definition) is 5. The molecule has 0 unspecified atom stereocenters. The molecule has 0 aliphatic carbocycles. The second-order valence-corrected chi connectivity index (χ2v) is 5.44. The number of aromatic nitrogens is 3. The highest BCUT2D eigenvalue weighted by atomic mass is 16.4. The Labute approximate surface area is 132 Å². The van der Waals surface area contributed by atoms with Gasteiger partial charge in [0.2, 0.25) is 5.89 Å². The number of nitrogens with one attached hydrogen (secondary N) is 1. The first-order valence-electron chi connectivity index (χ1n) is 7.35. The predicted molar refractivity (Wildman–Crippen MR) is 83.4 cm³/mol. The van der Waals surface area contributed by atoms with Crippen LogP contribution in [0.5, 0.6) is 0 Å². The molecule has 116 valence electrons. The summed E-state index contributed by atoms with van der Waals surface area (Å²) < 4.78 is 5.84. The van der Waals surface area contributed by atoms with Crippen molar-refractivity contribution in [3.05, 3.63) is 53.5 Å². The highest BCUT2D eigenvalue weighted by Gasteiger charge is 2.27. The van der Waals surface area contributed by atoms with E-state index in [2.05, 4.69) is 15.2 Å². The number of nitrogen functional groups attached to an aromatic ring is 1. The number of oxazole rings is 1. The van der Waals surface area contributed by atoms with Gasteiger partial charge < -0.3 is 15.1 Å². The van der Waals surface area contributed by atoms with Crippen molar-refractivity contribution in [1.29, 1.82) is 0 Å². The molecule has 0 atom stereocenters. The molecular weight excluding hydrogens is 294 g/mol. The van der Waals surface area contributed by atoms with E-state index in [1.807, 2.05) is 30.3 Å². The van der Waals surface area contributed by atoms with Gasteiger partial charge in [-0.25, -0.2) is 4.98 Å². The number of fused-ring (bicyclic) bond motifs is 1. The van der Waals surface area contributed by atoms with Gasteiger partial charge in [0, 0.05) is 24.6 Å². The summed E-state index contributed by atoms with van der Waals surface area (Å²) in [6.07, 6.45) is 0.643. The van der Waals surface area contributed by atoms with Gasteiger partial charge in [0.15, 0.2) is 0 Å². The number of hydrogen-bond donors (Lipinski definition) is 2. The second-order valence-electron chi connectivity index (χ2n) is 5.44. The average Bonchev–Trinajstić information content (AvgIpc) is 3.20. The zero-order valence-electron chi connectivity index (χ0n) is 12.3. The van der Waals surface area contributed by atoms with Crippen LogP contribution in [-0.2, 0) is 13.0 Å². The average molecular weight is 309 g/mol. The Morgan fingerprint density at radius 3 is 2.87 bits per heavy atom. The van der Waals surface area contributed by atoms with E-state index in [4.69, 9.17) is 10.2 Å². The summed E-state index contributed by atoms with van der Waals surface area (Å²) in [5.41, 5.74) is 7.67. The smallest absolute Gasteiger partial charge is 0.272 e. The molecule has 1 amide bonds. The van der Waals surface area contributed by atoms with Gasteiger partial charge in [0.25, 0.3) is 5.91 Å². The third-order valence-corrected chi connectivity index (χ3v) is 3.86. The number of anilines is 1. The summed E-state index contributed by atoms with van der Waals surface area (Å²) in [5, 5.41) is 6.44. The van der Waals surface area contributed by atoms with Gasteiger partial charge in [-0.05, 0) is 12.1 Å². The highest BCUT2D eigenvalue weighted by Crippen LogP contribution is 2.26. The van der Waals surface area contributed by atoms with Crippen molar-refractivity contribution in [3.63, 3.8) is 0 Å². The molecule has 1 aliphatic heterocycles. The van der Waals surface area contributed by atoms with Gasteiger partial charge in [-0.1, -0.05) is 18.2 Å². The number of H-pyrrole nitrogens is 1. The van der Waals surface area contributed by atoms with Crippen LogP contribution in [0, 0.1) is 0 Å². The first kappa shape index (κ1) is 13.6. The molecule has 4 rings (SSSR count). The maximum Gasteiger partial charge on any atom is 0.272 e. The van der Waals surface area contributed by atoms with Crippen molar-refractivity contribution in [2.24, 2.45) is 0 Å². The lowest BCUT2D eigenvalue weighted by molar-refractivity contribution is 0.0722. The van der Waals surface area contributed by atoms with Crippen LogP contribution in [0.15, 0.2) is 40.8 Å². The summed E-state index contributed by atoms with van der Waals surface area (Å²) in [5.74, 6) is 1.61. The van der Waals surface area contributed by atoms with E-state index < -0.39 is 0 Å². The number of aromatic amines is 1. The van der Waals surface area contributed by atoms with Crippen molar-refractivity contribution in [2.75, 3.05) is 12.3 Å². The number of carbonyl (C=O) groups excluding carboxylic acids is 1.